The van der Waals surface area contributed by atoms with Crippen LogP contribution in [-0.2, 0) is 11.4 Å². The van der Waals surface area contributed by atoms with Crippen molar-refractivity contribution in [1.82, 2.24) is 9.78 Å². The van der Waals surface area contributed by atoms with E-state index >= 15 is 0 Å². The Balaban J connectivity index is 1.61. The van der Waals surface area contributed by atoms with E-state index in [9.17, 15) is 14.3 Å². The molecule has 4 rings (SSSR count). The van der Waals surface area contributed by atoms with Gasteiger partial charge in [0.15, 0.2) is 0 Å². The Labute approximate surface area is 205 Å². The van der Waals surface area contributed by atoms with E-state index in [0.29, 0.717) is 17.2 Å². The first-order chi connectivity index (χ1) is 16.7. The molecule has 1 saturated carbocycles. The summed E-state index contributed by atoms with van der Waals surface area (Å²) >= 11 is 0. The van der Waals surface area contributed by atoms with Crippen LogP contribution in [0.1, 0.15) is 62.8 Å². The number of nitrogens with zero attached hydrogens (tertiary/aromatic N) is 2. The normalized spacial score (nSPS) is 14.8. The number of hydrogen-bond acceptors (Lipinski definition) is 4. The molecule has 1 atom stereocenters. The molecule has 3 aromatic rings. The van der Waals surface area contributed by atoms with Crippen molar-refractivity contribution >= 4 is 12.0 Å². The van der Waals surface area contributed by atoms with E-state index in [1.807, 2.05) is 44.2 Å². The van der Waals surface area contributed by atoms with Gasteiger partial charge in [-0.05, 0) is 73.9 Å². The number of carbonyl (C=O) groups is 1. The molecule has 6 nitrogen and oxygen atoms in total. The van der Waals surface area contributed by atoms with E-state index < -0.39 is 11.8 Å². The van der Waals surface area contributed by atoms with Gasteiger partial charge in [0, 0.05) is 11.6 Å². The van der Waals surface area contributed by atoms with Crippen molar-refractivity contribution in [2.45, 2.75) is 52.6 Å². The van der Waals surface area contributed by atoms with Crippen LogP contribution in [-0.4, -0.2) is 28.0 Å². The second-order valence-corrected chi connectivity index (χ2v) is 9.67. The van der Waals surface area contributed by atoms with Crippen LogP contribution in [0.25, 0.3) is 11.8 Å². The summed E-state index contributed by atoms with van der Waals surface area (Å²) in [6.07, 6.45) is 5.78. The smallest absolute Gasteiger partial charge is 0.303 e. The standard InChI is InChI=1S/C28H31FN2O4/c1-18(2)12-25-20(16-30-31(25)26-14-21(34-4)8-9-24(26)29)17-35-22-7-5-6-19(13-22)23(15-27(32)33)28(3)10-11-28/h5-9,12-14,16,23H,10-11,15,17H2,1-4H3,(H,32,33). The van der Waals surface area contributed by atoms with Gasteiger partial charge in [0.1, 0.15) is 29.6 Å². The number of aliphatic carboxylic acids is 1. The molecule has 0 bridgehead atoms. The third-order valence-corrected chi connectivity index (χ3v) is 6.61. The molecule has 1 aliphatic carbocycles. The third kappa shape index (κ3) is 5.56. The lowest BCUT2D eigenvalue weighted by atomic mass is 9.82. The molecule has 35 heavy (non-hydrogen) atoms. The lowest BCUT2D eigenvalue weighted by Crippen LogP contribution is -2.15. The van der Waals surface area contributed by atoms with E-state index in [0.717, 1.165) is 35.2 Å². The first-order valence-electron chi connectivity index (χ1n) is 11.7. The average molecular weight is 479 g/mol. The molecule has 7 heteroatoms. The molecule has 0 aliphatic heterocycles. The lowest BCUT2D eigenvalue weighted by molar-refractivity contribution is -0.137. The summed E-state index contributed by atoms with van der Waals surface area (Å²) in [4.78, 5) is 11.5. The van der Waals surface area contributed by atoms with Crippen LogP contribution in [0.3, 0.4) is 0 Å². The number of carboxylic acids is 1. The molecule has 0 amide bonds. The Morgan fingerprint density at radius 2 is 2.00 bits per heavy atom. The maximum atomic E-state index is 14.7. The molecule has 0 radical (unpaired) electrons. The van der Waals surface area contributed by atoms with Crippen molar-refractivity contribution < 1.29 is 23.8 Å². The number of ether oxygens (including phenoxy) is 2. The van der Waals surface area contributed by atoms with Crippen molar-refractivity contribution in [3.63, 3.8) is 0 Å². The SMILES string of the molecule is COc1ccc(F)c(-n2ncc(COc3cccc(C(CC(=O)O)C4(C)CC4)c3)c2C=C(C)C)c1. The summed E-state index contributed by atoms with van der Waals surface area (Å²) in [7, 11) is 1.54. The van der Waals surface area contributed by atoms with Gasteiger partial charge in [-0.15, -0.1) is 0 Å². The highest BCUT2D eigenvalue weighted by atomic mass is 19.1. The van der Waals surface area contributed by atoms with E-state index in [4.69, 9.17) is 9.47 Å². The van der Waals surface area contributed by atoms with Crippen LogP contribution in [0.5, 0.6) is 11.5 Å². The molecule has 1 N–H and O–H groups in total. The molecule has 1 aliphatic rings. The second-order valence-electron chi connectivity index (χ2n) is 9.67. The molecule has 2 aromatic carbocycles. The van der Waals surface area contributed by atoms with E-state index in [1.54, 1.807) is 23.0 Å². The highest BCUT2D eigenvalue weighted by Gasteiger charge is 2.46. The zero-order valence-corrected chi connectivity index (χ0v) is 20.5. The van der Waals surface area contributed by atoms with Crippen LogP contribution in [0.4, 0.5) is 4.39 Å². The zero-order chi connectivity index (χ0) is 25.2. The summed E-state index contributed by atoms with van der Waals surface area (Å²) in [6, 6.07) is 12.2. The summed E-state index contributed by atoms with van der Waals surface area (Å²) in [6.45, 7) is 6.31. The Morgan fingerprint density at radius 3 is 2.66 bits per heavy atom. The highest BCUT2D eigenvalue weighted by Crippen LogP contribution is 2.57. The molecule has 0 spiro atoms. The lowest BCUT2D eigenvalue weighted by Gasteiger charge is -2.23. The Bertz CT molecular complexity index is 1260. The summed E-state index contributed by atoms with van der Waals surface area (Å²) < 4.78 is 27.6. The number of hydrogen-bond donors (Lipinski definition) is 1. The predicted molar refractivity (Wildman–Crippen MR) is 133 cm³/mol. The number of methoxy groups -OCH3 is 1. The molecule has 1 unspecified atom stereocenters. The number of halogens is 1. The minimum atomic E-state index is -0.794. The predicted octanol–water partition coefficient (Wildman–Crippen LogP) is 6.38. The number of allylic oxidation sites excluding steroid dienone is 1. The molecule has 184 valence electrons. The molecule has 1 heterocycles. The summed E-state index contributed by atoms with van der Waals surface area (Å²) in [5, 5.41) is 13.9. The Morgan fingerprint density at radius 1 is 1.23 bits per heavy atom. The van der Waals surface area contributed by atoms with Crippen molar-refractivity contribution in [3.8, 4) is 17.2 Å². The molecule has 1 aromatic heterocycles. The van der Waals surface area contributed by atoms with E-state index in [-0.39, 0.29) is 24.4 Å². The minimum Gasteiger partial charge on any atom is -0.497 e. The average Bonchev–Trinajstić information content (AvgIpc) is 3.45. The van der Waals surface area contributed by atoms with Crippen molar-refractivity contribution in [2.24, 2.45) is 5.41 Å². The Kier molecular flexibility index (Phi) is 6.96. The first-order valence-corrected chi connectivity index (χ1v) is 11.7. The number of aromatic nitrogens is 2. The molecular formula is C28H31FN2O4. The van der Waals surface area contributed by atoms with E-state index in [1.165, 1.54) is 13.2 Å². The van der Waals surface area contributed by atoms with Gasteiger partial charge >= 0.3 is 5.97 Å². The molecule has 0 saturated heterocycles. The van der Waals surface area contributed by atoms with Gasteiger partial charge in [0.25, 0.3) is 0 Å². The van der Waals surface area contributed by atoms with Gasteiger partial charge in [-0.3, -0.25) is 4.79 Å². The molecular weight excluding hydrogens is 447 g/mol. The minimum absolute atomic E-state index is 0.0234. The maximum Gasteiger partial charge on any atom is 0.303 e. The molecule has 1 fully saturated rings. The van der Waals surface area contributed by atoms with Gasteiger partial charge < -0.3 is 14.6 Å². The van der Waals surface area contributed by atoms with Crippen LogP contribution in [0, 0.1) is 11.2 Å². The number of carboxylic acid groups (broad SMARTS) is 1. The zero-order valence-electron chi connectivity index (χ0n) is 20.5. The van der Waals surface area contributed by atoms with Gasteiger partial charge in [-0.2, -0.15) is 5.10 Å². The number of rotatable bonds is 10. The quantitative estimate of drug-likeness (QED) is 0.366. The van der Waals surface area contributed by atoms with Gasteiger partial charge in [-0.1, -0.05) is 24.6 Å². The van der Waals surface area contributed by atoms with Gasteiger partial charge in [-0.25, -0.2) is 9.07 Å². The van der Waals surface area contributed by atoms with Crippen LogP contribution in [0.15, 0.2) is 54.2 Å². The van der Waals surface area contributed by atoms with Gasteiger partial charge in [0.2, 0.25) is 0 Å². The highest BCUT2D eigenvalue weighted by molar-refractivity contribution is 5.68. The monoisotopic (exact) mass is 478 g/mol. The first kappa shape index (κ1) is 24.5. The van der Waals surface area contributed by atoms with Crippen molar-refractivity contribution in [1.29, 1.82) is 0 Å². The fraction of sp³-hybridized carbons (Fsp3) is 0.357. The Hall–Kier alpha value is -3.61. The summed E-state index contributed by atoms with van der Waals surface area (Å²) in [5.41, 5.74) is 3.85. The summed E-state index contributed by atoms with van der Waals surface area (Å²) in [5.74, 6) is -0.0578. The van der Waals surface area contributed by atoms with Crippen molar-refractivity contribution in [3.05, 3.63) is 76.9 Å². The van der Waals surface area contributed by atoms with E-state index in [2.05, 4.69) is 12.0 Å². The fourth-order valence-corrected chi connectivity index (χ4v) is 4.37. The second kappa shape index (κ2) is 9.94. The van der Waals surface area contributed by atoms with Crippen LogP contribution < -0.4 is 9.47 Å². The number of benzene rings is 2. The van der Waals surface area contributed by atoms with Crippen LogP contribution in [0.2, 0.25) is 0 Å². The maximum absolute atomic E-state index is 14.7. The third-order valence-electron chi connectivity index (χ3n) is 6.61. The fourth-order valence-electron chi connectivity index (χ4n) is 4.37. The van der Waals surface area contributed by atoms with Crippen molar-refractivity contribution in [2.75, 3.05) is 7.11 Å². The van der Waals surface area contributed by atoms with Gasteiger partial charge in [0.05, 0.1) is 25.4 Å². The van der Waals surface area contributed by atoms with Crippen LogP contribution >= 0.6 is 0 Å². The topological polar surface area (TPSA) is 73.6 Å². The largest absolute Gasteiger partial charge is 0.497 e.